The molecule has 0 atom stereocenters. The van der Waals surface area contributed by atoms with Gasteiger partial charge in [-0.1, -0.05) is 23.7 Å². The van der Waals surface area contributed by atoms with Gasteiger partial charge >= 0.3 is 6.18 Å². The van der Waals surface area contributed by atoms with Crippen LogP contribution in [0.25, 0.3) is 0 Å². The summed E-state index contributed by atoms with van der Waals surface area (Å²) in [6.07, 6.45) is -4.60. The Balaban J connectivity index is 2.39. The second-order valence-corrected chi connectivity index (χ2v) is 5.33. The van der Waals surface area contributed by atoms with E-state index in [1.165, 1.54) is 6.07 Å². The standard InChI is InChI=1S/C16H13ClF3NO/c1-9-4-3-5-12(10(9)2)15(22)21-14-7-6-11(17)8-13(14)16(18,19)20/h3-8H,1-2H3,(H,21,22). The SMILES string of the molecule is Cc1cccc(C(=O)Nc2ccc(Cl)cc2C(F)(F)F)c1C. The Morgan fingerprint density at radius 3 is 2.45 bits per heavy atom. The summed E-state index contributed by atoms with van der Waals surface area (Å²) in [6.45, 7) is 3.58. The molecule has 1 amide bonds. The Labute approximate surface area is 130 Å². The van der Waals surface area contributed by atoms with Gasteiger partial charge in [-0.05, 0) is 49.2 Å². The smallest absolute Gasteiger partial charge is 0.321 e. The highest BCUT2D eigenvalue weighted by atomic mass is 35.5. The summed E-state index contributed by atoms with van der Waals surface area (Å²) in [5.41, 5.74) is 0.659. The molecule has 0 saturated heterocycles. The van der Waals surface area contributed by atoms with Crippen molar-refractivity contribution < 1.29 is 18.0 Å². The van der Waals surface area contributed by atoms with Gasteiger partial charge in [-0.15, -0.1) is 0 Å². The molecule has 0 aliphatic carbocycles. The molecule has 2 nitrogen and oxygen atoms in total. The molecule has 0 aromatic heterocycles. The number of aryl methyl sites for hydroxylation is 1. The van der Waals surface area contributed by atoms with Crippen molar-refractivity contribution in [1.29, 1.82) is 0 Å². The lowest BCUT2D eigenvalue weighted by Gasteiger charge is -2.15. The predicted octanol–water partition coefficient (Wildman–Crippen LogP) is 5.23. The van der Waals surface area contributed by atoms with Crippen molar-refractivity contribution >= 4 is 23.2 Å². The third-order valence-corrected chi connectivity index (χ3v) is 3.62. The van der Waals surface area contributed by atoms with Gasteiger partial charge < -0.3 is 5.32 Å². The van der Waals surface area contributed by atoms with Crippen molar-refractivity contribution in [1.82, 2.24) is 0 Å². The summed E-state index contributed by atoms with van der Waals surface area (Å²) in [5.74, 6) is -0.589. The normalized spacial score (nSPS) is 11.4. The van der Waals surface area contributed by atoms with Crippen molar-refractivity contribution in [3.8, 4) is 0 Å². The van der Waals surface area contributed by atoms with E-state index in [0.717, 1.165) is 23.3 Å². The first kappa shape index (κ1) is 16.4. The number of halogens is 4. The fraction of sp³-hybridized carbons (Fsp3) is 0.188. The van der Waals surface area contributed by atoms with E-state index in [1.54, 1.807) is 19.1 Å². The summed E-state index contributed by atoms with van der Waals surface area (Å²) in [6, 6.07) is 8.32. The molecule has 0 fully saturated rings. The topological polar surface area (TPSA) is 29.1 Å². The van der Waals surface area contributed by atoms with Crippen LogP contribution in [0.3, 0.4) is 0 Å². The van der Waals surface area contributed by atoms with Crippen molar-refractivity contribution in [3.05, 3.63) is 63.7 Å². The molecule has 0 heterocycles. The number of anilines is 1. The molecular formula is C16H13ClF3NO. The molecule has 0 aliphatic heterocycles. The van der Waals surface area contributed by atoms with Crippen LogP contribution in [0.5, 0.6) is 0 Å². The molecule has 0 radical (unpaired) electrons. The van der Waals surface area contributed by atoms with Crippen LogP contribution in [0.1, 0.15) is 27.0 Å². The largest absolute Gasteiger partial charge is 0.418 e. The van der Waals surface area contributed by atoms with E-state index < -0.39 is 17.6 Å². The van der Waals surface area contributed by atoms with Crippen LogP contribution < -0.4 is 5.32 Å². The van der Waals surface area contributed by atoms with E-state index in [0.29, 0.717) is 5.56 Å². The third kappa shape index (κ3) is 3.42. The van der Waals surface area contributed by atoms with Gasteiger partial charge in [-0.25, -0.2) is 0 Å². The molecule has 6 heteroatoms. The summed E-state index contributed by atoms with van der Waals surface area (Å²) in [5, 5.41) is 2.27. The lowest BCUT2D eigenvalue weighted by molar-refractivity contribution is -0.136. The van der Waals surface area contributed by atoms with Crippen LogP contribution in [0.15, 0.2) is 36.4 Å². The van der Waals surface area contributed by atoms with Gasteiger partial charge in [0.05, 0.1) is 11.3 Å². The van der Waals surface area contributed by atoms with Gasteiger partial charge in [0.1, 0.15) is 0 Å². The molecule has 2 rings (SSSR count). The summed E-state index contributed by atoms with van der Waals surface area (Å²) < 4.78 is 39.0. The number of nitrogens with one attached hydrogen (secondary N) is 1. The van der Waals surface area contributed by atoms with E-state index >= 15 is 0 Å². The monoisotopic (exact) mass is 327 g/mol. The lowest BCUT2D eigenvalue weighted by atomic mass is 10.0. The lowest BCUT2D eigenvalue weighted by Crippen LogP contribution is -2.17. The average molecular weight is 328 g/mol. The maximum Gasteiger partial charge on any atom is 0.418 e. The number of rotatable bonds is 2. The molecule has 2 aromatic rings. The van der Waals surface area contributed by atoms with Crippen LogP contribution in [-0.2, 0) is 6.18 Å². The molecule has 1 N–H and O–H groups in total. The van der Waals surface area contributed by atoms with Crippen molar-refractivity contribution in [2.45, 2.75) is 20.0 Å². The molecule has 0 unspecified atom stereocenters. The number of benzene rings is 2. The van der Waals surface area contributed by atoms with Gasteiger partial charge in [0.15, 0.2) is 0 Å². The maximum absolute atomic E-state index is 13.0. The van der Waals surface area contributed by atoms with Crippen LogP contribution in [0.2, 0.25) is 5.02 Å². The second-order valence-electron chi connectivity index (χ2n) is 4.89. The fourth-order valence-corrected chi connectivity index (χ4v) is 2.22. The Kier molecular flexibility index (Phi) is 4.47. The Bertz CT molecular complexity index is 726. The van der Waals surface area contributed by atoms with Crippen molar-refractivity contribution in [2.24, 2.45) is 0 Å². The van der Waals surface area contributed by atoms with Crippen LogP contribution in [0.4, 0.5) is 18.9 Å². The van der Waals surface area contributed by atoms with Crippen LogP contribution in [-0.4, -0.2) is 5.91 Å². The zero-order valence-electron chi connectivity index (χ0n) is 11.9. The van der Waals surface area contributed by atoms with E-state index in [4.69, 9.17) is 11.6 Å². The minimum Gasteiger partial charge on any atom is -0.321 e. The molecule has 22 heavy (non-hydrogen) atoms. The maximum atomic E-state index is 13.0. The molecule has 2 aromatic carbocycles. The van der Waals surface area contributed by atoms with E-state index in [-0.39, 0.29) is 10.7 Å². The minimum atomic E-state index is -4.60. The molecule has 0 spiro atoms. The van der Waals surface area contributed by atoms with Gasteiger partial charge in [-0.3, -0.25) is 4.79 Å². The number of carbonyl (C=O) groups is 1. The van der Waals surface area contributed by atoms with Crippen molar-refractivity contribution in [2.75, 3.05) is 5.32 Å². The highest BCUT2D eigenvalue weighted by Crippen LogP contribution is 2.36. The Hall–Kier alpha value is -2.01. The highest BCUT2D eigenvalue weighted by molar-refractivity contribution is 6.30. The van der Waals surface area contributed by atoms with E-state index in [2.05, 4.69) is 5.32 Å². The van der Waals surface area contributed by atoms with Gasteiger partial charge in [0.2, 0.25) is 0 Å². The zero-order chi connectivity index (χ0) is 16.5. The summed E-state index contributed by atoms with van der Waals surface area (Å²) >= 11 is 5.61. The first-order chi connectivity index (χ1) is 10.2. The quantitative estimate of drug-likeness (QED) is 0.804. The molecule has 0 saturated carbocycles. The molecule has 0 aliphatic rings. The van der Waals surface area contributed by atoms with Crippen molar-refractivity contribution in [3.63, 3.8) is 0 Å². The second kappa shape index (κ2) is 6.01. The third-order valence-electron chi connectivity index (χ3n) is 3.38. The predicted molar refractivity (Wildman–Crippen MR) is 80.3 cm³/mol. The van der Waals surface area contributed by atoms with Crippen LogP contribution in [0, 0.1) is 13.8 Å². The van der Waals surface area contributed by atoms with Gasteiger partial charge in [-0.2, -0.15) is 13.2 Å². The molecule has 0 bridgehead atoms. The summed E-state index contributed by atoms with van der Waals surface area (Å²) in [4.78, 5) is 12.2. The number of amides is 1. The number of hydrogen-bond donors (Lipinski definition) is 1. The summed E-state index contributed by atoms with van der Waals surface area (Å²) in [7, 11) is 0. The van der Waals surface area contributed by atoms with Crippen LogP contribution >= 0.6 is 11.6 Å². The van der Waals surface area contributed by atoms with E-state index in [1.807, 2.05) is 13.0 Å². The number of alkyl halides is 3. The Morgan fingerprint density at radius 2 is 1.82 bits per heavy atom. The van der Waals surface area contributed by atoms with E-state index in [9.17, 15) is 18.0 Å². The number of carbonyl (C=O) groups excluding carboxylic acids is 1. The number of hydrogen-bond acceptors (Lipinski definition) is 1. The first-order valence-electron chi connectivity index (χ1n) is 6.44. The molecule has 116 valence electrons. The fourth-order valence-electron chi connectivity index (χ4n) is 2.05. The average Bonchev–Trinajstić information content (AvgIpc) is 2.42. The highest BCUT2D eigenvalue weighted by Gasteiger charge is 2.34. The molecular weight excluding hydrogens is 315 g/mol. The zero-order valence-corrected chi connectivity index (χ0v) is 12.6. The minimum absolute atomic E-state index is 0.0444. The first-order valence-corrected chi connectivity index (χ1v) is 6.82. The van der Waals surface area contributed by atoms with Gasteiger partial charge in [0.25, 0.3) is 5.91 Å². The van der Waals surface area contributed by atoms with Gasteiger partial charge in [0, 0.05) is 10.6 Å². The Morgan fingerprint density at radius 1 is 1.14 bits per heavy atom.